The topological polar surface area (TPSA) is 54.4 Å². The molecule has 1 N–H and O–H groups in total. The molecule has 100 valence electrons. The van der Waals surface area contributed by atoms with Gasteiger partial charge in [-0.25, -0.2) is 0 Å². The van der Waals surface area contributed by atoms with Crippen LogP contribution in [0.1, 0.15) is 21.5 Å². The highest BCUT2D eigenvalue weighted by atomic mass is 32.2. The summed E-state index contributed by atoms with van der Waals surface area (Å²) >= 11 is 1.53. The van der Waals surface area contributed by atoms with Gasteiger partial charge in [-0.3, -0.25) is 9.59 Å². The quantitative estimate of drug-likeness (QED) is 0.920. The van der Waals surface area contributed by atoms with Crippen molar-refractivity contribution in [2.24, 2.45) is 0 Å². The van der Waals surface area contributed by atoms with Crippen LogP contribution in [-0.4, -0.2) is 16.9 Å². The van der Waals surface area contributed by atoms with Crippen molar-refractivity contribution in [1.29, 1.82) is 0 Å². The van der Waals surface area contributed by atoms with Gasteiger partial charge in [0.25, 0.3) is 0 Å². The Bertz CT molecular complexity index is 707. The normalized spacial score (nSPS) is 13.3. The number of benzene rings is 2. The molecule has 0 aromatic heterocycles. The van der Waals surface area contributed by atoms with Gasteiger partial charge in [-0.05, 0) is 23.3 Å². The zero-order chi connectivity index (χ0) is 14.1. The van der Waals surface area contributed by atoms with Gasteiger partial charge >= 0.3 is 5.97 Å². The third kappa shape index (κ3) is 2.47. The Morgan fingerprint density at radius 1 is 1.15 bits per heavy atom. The minimum atomic E-state index is -0.847. The molecule has 3 nitrogen and oxygen atoms in total. The third-order valence-corrected chi connectivity index (χ3v) is 4.42. The van der Waals surface area contributed by atoms with E-state index in [1.165, 1.54) is 11.8 Å². The molecule has 0 fully saturated rings. The summed E-state index contributed by atoms with van der Waals surface area (Å²) in [5, 5.41) is 8.87. The summed E-state index contributed by atoms with van der Waals surface area (Å²) in [7, 11) is 0. The van der Waals surface area contributed by atoms with E-state index < -0.39 is 5.97 Å². The van der Waals surface area contributed by atoms with E-state index in [0.717, 1.165) is 26.5 Å². The van der Waals surface area contributed by atoms with E-state index in [0.29, 0.717) is 6.42 Å². The molecule has 0 unspecified atom stereocenters. The van der Waals surface area contributed by atoms with Crippen LogP contribution < -0.4 is 0 Å². The number of hydrogen-bond donors (Lipinski definition) is 1. The Morgan fingerprint density at radius 3 is 2.75 bits per heavy atom. The number of fused-ring (bicyclic) bond motifs is 2. The number of ketones is 1. The van der Waals surface area contributed by atoms with E-state index in [1.807, 2.05) is 36.4 Å². The Morgan fingerprint density at radius 2 is 1.95 bits per heavy atom. The first-order valence-corrected chi connectivity index (χ1v) is 7.09. The molecule has 0 saturated carbocycles. The lowest BCUT2D eigenvalue weighted by molar-refractivity contribution is -0.136. The van der Waals surface area contributed by atoms with Gasteiger partial charge in [0.05, 0.1) is 6.42 Å². The Labute approximate surface area is 120 Å². The van der Waals surface area contributed by atoms with Crippen molar-refractivity contribution in [1.82, 2.24) is 0 Å². The van der Waals surface area contributed by atoms with Crippen LogP contribution in [0.25, 0.3) is 0 Å². The van der Waals surface area contributed by atoms with Gasteiger partial charge in [0.2, 0.25) is 0 Å². The van der Waals surface area contributed by atoms with Crippen molar-refractivity contribution in [3.05, 3.63) is 59.2 Å². The van der Waals surface area contributed by atoms with Gasteiger partial charge in [-0.15, -0.1) is 0 Å². The minimum absolute atomic E-state index is 0.00341. The predicted octanol–water partition coefficient (Wildman–Crippen LogP) is 3.20. The van der Waals surface area contributed by atoms with Crippen LogP contribution >= 0.6 is 11.8 Å². The van der Waals surface area contributed by atoms with E-state index in [4.69, 9.17) is 5.11 Å². The molecular weight excluding hydrogens is 272 g/mol. The zero-order valence-corrected chi connectivity index (χ0v) is 11.4. The molecule has 0 amide bonds. The number of carbonyl (C=O) groups is 2. The van der Waals surface area contributed by atoms with Crippen molar-refractivity contribution in [2.45, 2.75) is 22.6 Å². The second-order valence-electron chi connectivity index (χ2n) is 4.71. The second-order valence-corrected chi connectivity index (χ2v) is 5.79. The molecule has 0 spiro atoms. The first-order chi connectivity index (χ1) is 9.63. The van der Waals surface area contributed by atoms with E-state index >= 15 is 0 Å². The summed E-state index contributed by atoms with van der Waals surface area (Å²) in [6.07, 6.45) is 0.371. The van der Waals surface area contributed by atoms with Gasteiger partial charge in [-0.2, -0.15) is 0 Å². The maximum absolute atomic E-state index is 12.2. The lowest BCUT2D eigenvalue weighted by Crippen LogP contribution is -2.04. The maximum Gasteiger partial charge on any atom is 0.307 e. The van der Waals surface area contributed by atoms with Gasteiger partial charge in [-0.1, -0.05) is 42.1 Å². The SMILES string of the molecule is O=C(O)Cc1ccc2c(c1)Sc1ccccc1C(=O)C2. The smallest absolute Gasteiger partial charge is 0.307 e. The van der Waals surface area contributed by atoms with Crippen LogP contribution in [0.15, 0.2) is 52.3 Å². The molecular formula is C16H12O3S. The molecule has 0 atom stereocenters. The molecule has 3 rings (SSSR count). The molecule has 2 aromatic carbocycles. The Hall–Kier alpha value is -2.07. The van der Waals surface area contributed by atoms with Crippen LogP contribution in [-0.2, 0) is 17.6 Å². The van der Waals surface area contributed by atoms with E-state index in [1.54, 1.807) is 6.07 Å². The lowest BCUT2D eigenvalue weighted by Gasteiger charge is -2.07. The van der Waals surface area contributed by atoms with Crippen LogP contribution in [0.4, 0.5) is 0 Å². The molecule has 0 bridgehead atoms. The van der Waals surface area contributed by atoms with Crippen molar-refractivity contribution in [3.63, 3.8) is 0 Å². The molecule has 1 aliphatic rings. The fourth-order valence-electron chi connectivity index (χ4n) is 2.30. The van der Waals surface area contributed by atoms with Crippen LogP contribution in [0.2, 0.25) is 0 Å². The Balaban J connectivity index is 2.04. The van der Waals surface area contributed by atoms with Crippen molar-refractivity contribution in [3.8, 4) is 0 Å². The number of carboxylic acid groups (broad SMARTS) is 1. The number of rotatable bonds is 2. The summed E-state index contributed by atoms with van der Waals surface area (Å²) in [6, 6.07) is 13.1. The summed E-state index contributed by atoms with van der Waals surface area (Å²) < 4.78 is 0. The number of Topliss-reactive ketones (excluding diaryl/α,β-unsaturated/α-hetero) is 1. The highest BCUT2D eigenvalue weighted by molar-refractivity contribution is 7.99. The number of carbonyl (C=O) groups excluding carboxylic acids is 1. The average Bonchev–Trinajstić information content (AvgIpc) is 2.54. The average molecular weight is 284 g/mol. The van der Waals surface area contributed by atoms with Gasteiger partial charge in [0, 0.05) is 21.8 Å². The van der Waals surface area contributed by atoms with Gasteiger partial charge in [0.1, 0.15) is 0 Å². The molecule has 1 heterocycles. The fraction of sp³-hybridized carbons (Fsp3) is 0.125. The standard InChI is InChI=1S/C16H12O3S/c17-13-9-11-6-5-10(8-16(18)19)7-15(11)20-14-4-2-1-3-12(13)14/h1-7H,8-9H2,(H,18,19). The van der Waals surface area contributed by atoms with Crippen molar-refractivity contribution in [2.75, 3.05) is 0 Å². The monoisotopic (exact) mass is 284 g/mol. The highest BCUT2D eigenvalue weighted by Crippen LogP contribution is 2.37. The third-order valence-electron chi connectivity index (χ3n) is 3.25. The first kappa shape index (κ1) is 12.9. The summed E-state index contributed by atoms with van der Waals surface area (Å²) in [4.78, 5) is 24.9. The number of aliphatic carboxylic acids is 1. The summed E-state index contributed by atoms with van der Waals surface area (Å²) in [5.41, 5.74) is 2.47. The first-order valence-electron chi connectivity index (χ1n) is 6.27. The molecule has 4 heteroatoms. The summed E-state index contributed by atoms with van der Waals surface area (Å²) in [6.45, 7) is 0. The molecule has 1 aliphatic heterocycles. The van der Waals surface area contributed by atoms with Crippen LogP contribution in [0, 0.1) is 0 Å². The summed E-state index contributed by atoms with van der Waals surface area (Å²) in [5.74, 6) is -0.738. The van der Waals surface area contributed by atoms with E-state index in [2.05, 4.69) is 0 Å². The molecule has 0 aliphatic carbocycles. The highest BCUT2D eigenvalue weighted by Gasteiger charge is 2.20. The predicted molar refractivity (Wildman–Crippen MR) is 76.4 cm³/mol. The van der Waals surface area contributed by atoms with E-state index in [9.17, 15) is 9.59 Å². The lowest BCUT2D eigenvalue weighted by atomic mass is 10.0. The zero-order valence-electron chi connectivity index (χ0n) is 10.6. The number of hydrogen-bond acceptors (Lipinski definition) is 3. The second kappa shape index (κ2) is 5.13. The Kier molecular flexibility index (Phi) is 3.32. The van der Waals surface area contributed by atoms with Crippen molar-refractivity contribution >= 4 is 23.5 Å². The minimum Gasteiger partial charge on any atom is -0.481 e. The molecule has 0 saturated heterocycles. The fourth-order valence-corrected chi connectivity index (χ4v) is 3.45. The number of carboxylic acids is 1. The van der Waals surface area contributed by atoms with Gasteiger partial charge < -0.3 is 5.11 Å². The molecule has 20 heavy (non-hydrogen) atoms. The molecule has 0 radical (unpaired) electrons. The largest absolute Gasteiger partial charge is 0.481 e. The molecule has 2 aromatic rings. The van der Waals surface area contributed by atoms with E-state index in [-0.39, 0.29) is 12.2 Å². The van der Waals surface area contributed by atoms with Gasteiger partial charge in [0.15, 0.2) is 5.78 Å². The van der Waals surface area contributed by atoms with Crippen LogP contribution in [0.5, 0.6) is 0 Å². The maximum atomic E-state index is 12.2. The van der Waals surface area contributed by atoms with Crippen molar-refractivity contribution < 1.29 is 14.7 Å². The van der Waals surface area contributed by atoms with Crippen LogP contribution in [0.3, 0.4) is 0 Å².